The zero-order chi connectivity index (χ0) is 11.5. The molecule has 0 spiro atoms. The number of hydrogen-bond acceptors (Lipinski definition) is 4. The van der Waals surface area contributed by atoms with Crippen LogP contribution in [0.15, 0.2) is 35.7 Å². The highest BCUT2D eigenvalue weighted by Crippen LogP contribution is 2.25. The second-order valence-electron chi connectivity index (χ2n) is 3.06. The maximum atomic E-state index is 5.75. The van der Waals surface area contributed by atoms with E-state index in [1.807, 2.05) is 24.5 Å². The van der Waals surface area contributed by atoms with E-state index in [1.54, 1.807) is 22.8 Å². The van der Waals surface area contributed by atoms with Crippen molar-refractivity contribution in [1.29, 1.82) is 0 Å². The Labute approximate surface area is 103 Å². The summed E-state index contributed by atoms with van der Waals surface area (Å²) in [6, 6.07) is 5.85. The second-order valence-corrected chi connectivity index (χ2v) is 4.35. The highest BCUT2D eigenvalue weighted by molar-refractivity contribution is 7.98. The summed E-state index contributed by atoms with van der Waals surface area (Å²) in [6.07, 6.45) is 5.10. The van der Waals surface area contributed by atoms with Crippen molar-refractivity contribution in [3.05, 3.63) is 36.4 Å². The number of thiocarbonyl (C=S) groups is 1. The van der Waals surface area contributed by atoms with E-state index >= 15 is 0 Å². The Hall–Kier alpha value is -1.40. The van der Waals surface area contributed by atoms with Crippen LogP contribution in [-0.4, -0.2) is 26.0 Å². The predicted molar refractivity (Wildman–Crippen MR) is 69.0 cm³/mol. The number of rotatable bonds is 3. The molecule has 0 unspecified atom stereocenters. The first-order valence-corrected chi connectivity index (χ1v) is 6.19. The van der Waals surface area contributed by atoms with Crippen LogP contribution in [0, 0.1) is 0 Å². The molecule has 0 atom stereocenters. The Balaban J connectivity index is 2.65. The molecule has 82 valence electrons. The van der Waals surface area contributed by atoms with Crippen molar-refractivity contribution in [2.45, 2.75) is 4.90 Å². The molecule has 2 rings (SSSR count). The molecule has 2 aromatic rings. The molecule has 0 amide bonds. The van der Waals surface area contributed by atoms with Crippen molar-refractivity contribution in [2.24, 2.45) is 5.73 Å². The minimum atomic E-state index is 0.371. The summed E-state index contributed by atoms with van der Waals surface area (Å²) < 4.78 is 1.66. The third-order valence-electron chi connectivity index (χ3n) is 2.14. The smallest absolute Gasteiger partial charge is 0.138 e. The first-order valence-electron chi connectivity index (χ1n) is 4.56. The van der Waals surface area contributed by atoms with E-state index in [9.17, 15) is 0 Å². The van der Waals surface area contributed by atoms with Crippen LogP contribution in [0.3, 0.4) is 0 Å². The molecule has 0 aliphatic rings. The van der Waals surface area contributed by atoms with Crippen LogP contribution in [0.2, 0.25) is 0 Å². The fourth-order valence-electron chi connectivity index (χ4n) is 1.46. The van der Waals surface area contributed by atoms with E-state index in [0.29, 0.717) is 4.99 Å². The van der Waals surface area contributed by atoms with E-state index < -0.39 is 0 Å². The summed E-state index contributed by atoms with van der Waals surface area (Å²) >= 11 is 6.69. The second kappa shape index (κ2) is 4.63. The monoisotopic (exact) mass is 250 g/mol. The van der Waals surface area contributed by atoms with Gasteiger partial charge in [0.1, 0.15) is 17.6 Å². The molecule has 16 heavy (non-hydrogen) atoms. The summed E-state index contributed by atoms with van der Waals surface area (Å²) in [5, 5.41) is 4.09. The number of thioether (sulfide) groups is 1. The SMILES string of the molecule is CSc1cccc(-n2cncn2)c1C(N)=S. The molecular formula is C10H10N4S2. The molecule has 0 aliphatic heterocycles. The normalized spacial score (nSPS) is 10.3. The predicted octanol–water partition coefficient (Wildman–Crippen LogP) is 1.62. The highest BCUT2D eigenvalue weighted by atomic mass is 32.2. The quantitative estimate of drug-likeness (QED) is 0.662. The van der Waals surface area contributed by atoms with Crippen molar-refractivity contribution in [3.8, 4) is 5.69 Å². The molecule has 0 fully saturated rings. The molecule has 0 bridgehead atoms. The van der Waals surface area contributed by atoms with Gasteiger partial charge in [-0.15, -0.1) is 11.8 Å². The Kier molecular flexibility index (Phi) is 3.21. The lowest BCUT2D eigenvalue weighted by Crippen LogP contribution is -2.15. The number of nitrogens with two attached hydrogens (primary N) is 1. The Morgan fingerprint density at radius 2 is 2.31 bits per heavy atom. The zero-order valence-electron chi connectivity index (χ0n) is 8.62. The van der Waals surface area contributed by atoms with Crippen molar-refractivity contribution < 1.29 is 0 Å². The third kappa shape index (κ3) is 1.94. The van der Waals surface area contributed by atoms with Gasteiger partial charge in [-0.05, 0) is 18.4 Å². The highest BCUT2D eigenvalue weighted by Gasteiger charge is 2.12. The molecule has 4 nitrogen and oxygen atoms in total. The zero-order valence-corrected chi connectivity index (χ0v) is 10.3. The van der Waals surface area contributed by atoms with Gasteiger partial charge in [-0.25, -0.2) is 9.67 Å². The molecule has 0 aliphatic carbocycles. The molecule has 6 heteroatoms. The van der Waals surface area contributed by atoms with Gasteiger partial charge in [-0.3, -0.25) is 0 Å². The van der Waals surface area contributed by atoms with Crippen molar-refractivity contribution in [2.75, 3.05) is 6.26 Å². The van der Waals surface area contributed by atoms with Gasteiger partial charge in [0.2, 0.25) is 0 Å². The molecule has 0 saturated carbocycles. The van der Waals surface area contributed by atoms with Gasteiger partial charge in [-0.2, -0.15) is 5.10 Å². The van der Waals surface area contributed by atoms with Crippen LogP contribution in [0.5, 0.6) is 0 Å². The van der Waals surface area contributed by atoms with Gasteiger partial charge in [0.25, 0.3) is 0 Å². The summed E-state index contributed by atoms with van der Waals surface area (Å²) in [6.45, 7) is 0. The van der Waals surface area contributed by atoms with Gasteiger partial charge < -0.3 is 5.73 Å². The standard InChI is InChI=1S/C10H10N4S2/c1-16-8-4-2-3-7(9(8)10(11)15)14-6-12-5-13-14/h2-6H,1H3,(H2,11,15). The van der Waals surface area contributed by atoms with E-state index in [0.717, 1.165) is 16.1 Å². The largest absolute Gasteiger partial charge is 0.389 e. The van der Waals surface area contributed by atoms with Gasteiger partial charge in [0.05, 0.1) is 5.69 Å². The van der Waals surface area contributed by atoms with E-state index in [2.05, 4.69) is 10.1 Å². The van der Waals surface area contributed by atoms with Crippen LogP contribution in [0.4, 0.5) is 0 Å². The van der Waals surface area contributed by atoms with Crippen molar-refractivity contribution in [1.82, 2.24) is 14.8 Å². The summed E-state index contributed by atoms with van der Waals surface area (Å²) in [7, 11) is 0. The molecule has 2 N–H and O–H groups in total. The summed E-state index contributed by atoms with van der Waals surface area (Å²) in [5.41, 5.74) is 7.45. The third-order valence-corrected chi connectivity index (χ3v) is 3.12. The number of aromatic nitrogens is 3. The molecule has 0 saturated heterocycles. The van der Waals surface area contributed by atoms with E-state index in [-0.39, 0.29) is 0 Å². The average Bonchev–Trinajstić information content (AvgIpc) is 2.81. The van der Waals surface area contributed by atoms with Crippen LogP contribution in [0.1, 0.15) is 5.56 Å². The lowest BCUT2D eigenvalue weighted by atomic mass is 10.2. The van der Waals surface area contributed by atoms with Crippen molar-refractivity contribution >= 4 is 29.0 Å². The molecule has 1 aromatic carbocycles. The van der Waals surface area contributed by atoms with Gasteiger partial charge in [-0.1, -0.05) is 18.3 Å². The summed E-state index contributed by atoms with van der Waals surface area (Å²) in [5.74, 6) is 0. The van der Waals surface area contributed by atoms with E-state index in [1.165, 1.54) is 6.33 Å². The lowest BCUT2D eigenvalue weighted by molar-refractivity contribution is 0.873. The molecule has 1 heterocycles. The van der Waals surface area contributed by atoms with Crippen LogP contribution in [-0.2, 0) is 0 Å². The fourth-order valence-corrected chi connectivity index (χ4v) is 2.37. The first-order chi connectivity index (χ1) is 7.74. The Morgan fingerprint density at radius 3 is 2.88 bits per heavy atom. The number of hydrogen-bond donors (Lipinski definition) is 1. The van der Waals surface area contributed by atoms with E-state index in [4.69, 9.17) is 18.0 Å². The molecule has 0 radical (unpaired) electrons. The lowest BCUT2D eigenvalue weighted by Gasteiger charge is -2.11. The maximum Gasteiger partial charge on any atom is 0.138 e. The molecule has 1 aromatic heterocycles. The van der Waals surface area contributed by atoms with Crippen LogP contribution >= 0.6 is 24.0 Å². The molecular weight excluding hydrogens is 240 g/mol. The Morgan fingerprint density at radius 1 is 1.50 bits per heavy atom. The topological polar surface area (TPSA) is 56.7 Å². The van der Waals surface area contributed by atoms with Gasteiger partial charge >= 0.3 is 0 Å². The fraction of sp³-hybridized carbons (Fsp3) is 0.100. The number of nitrogens with zero attached hydrogens (tertiary/aromatic N) is 3. The number of benzene rings is 1. The minimum Gasteiger partial charge on any atom is -0.389 e. The minimum absolute atomic E-state index is 0.371. The van der Waals surface area contributed by atoms with Crippen molar-refractivity contribution in [3.63, 3.8) is 0 Å². The Bertz CT molecular complexity index is 508. The van der Waals surface area contributed by atoms with Gasteiger partial charge in [0, 0.05) is 10.5 Å². The van der Waals surface area contributed by atoms with Crippen LogP contribution in [0.25, 0.3) is 5.69 Å². The van der Waals surface area contributed by atoms with Crippen LogP contribution < -0.4 is 5.73 Å². The first kappa shape index (κ1) is 11.1. The van der Waals surface area contributed by atoms with Gasteiger partial charge in [0.15, 0.2) is 0 Å². The maximum absolute atomic E-state index is 5.75. The average molecular weight is 250 g/mol. The summed E-state index contributed by atoms with van der Waals surface area (Å²) in [4.78, 5) is 5.33.